The summed E-state index contributed by atoms with van der Waals surface area (Å²) in [6.45, 7) is 1.93. The first-order valence-electron chi connectivity index (χ1n) is 5.30. The molecule has 2 rings (SSSR count). The molecule has 1 aliphatic rings. The number of carbonyl (C=O) groups is 1. The second kappa shape index (κ2) is 3.84. The average molecular weight is 254 g/mol. The van der Waals surface area contributed by atoms with E-state index in [2.05, 4.69) is 0 Å². The van der Waals surface area contributed by atoms with E-state index in [1.54, 1.807) is 12.1 Å². The zero-order chi connectivity index (χ0) is 12.8. The van der Waals surface area contributed by atoms with Gasteiger partial charge in [-0.05, 0) is 12.5 Å². The third-order valence-corrected chi connectivity index (χ3v) is 4.77. The van der Waals surface area contributed by atoms with E-state index in [0.29, 0.717) is 0 Å². The Balaban J connectivity index is 2.34. The highest BCUT2D eigenvalue weighted by molar-refractivity contribution is 7.91. The van der Waals surface area contributed by atoms with Gasteiger partial charge in [0.15, 0.2) is 9.84 Å². The molecular weight excluding hydrogens is 240 g/mol. The molecule has 1 aromatic carbocycles. The molecule has 0 heterocycles. The van der Waals surface area contributed by atoms with Crippen LogP contribution in [0.2, 0.25) is 0 Å². The van der Waals surface area contributed by atoms with Crippen molar-refractivity contribution in [2.45, 2.75) is 18.1 Å². The Hall–Kier alpha value is -1.36. The van der Waals surface area contributed by atoms with Gasteiger partial charge in [-0.25, -0.2) is 8.42 Å². The van der Waals surface area contributed by atoms with Gasteiger partial charge in [0.2, 0.25) is 0 Å². The Morgan fingerprint density at radius 2 is 1.76 bits per heavy atom. The first kappa shape index (κ1) is 12.1. The molecule has 1 aliphatic carbocycles. The molecule has 1 aromatic rings. The molecule has 0 unspecified atom stereocenters. The zero-order valence-electron chi connectivity index (χ0n) is 9.62. The molecule has 0 aromatic heterocycles. The molecule has 1 saturated carbocycles. The van der Waals surface area contributed by atoms with E-state index in [0.717, 1.165) is 17.4 Å². The smallest absolute Gasteiger partial charge is 0.308 e. The summed E-state index contributed by atoms with van der Waals surface area (Å²) in [5, 5.41) is 8.23. The predicted octanol–water partition coefficient (Wildman–Crippen LogP) is 1.21. The third kappa shape index (κ3) is 2.20. The first-order chi connectivity index (χ1) is 7.82. The topological polar surface area (TPSA) is 71.4 Å². The number of aryl methyl sites for hydroxylation is 1. The number of rotatable bonds is 3. The van der Waals surface area contributed by atoms with Gasteiger partial charge in [-0.2, -0.15) is 0 Å². The summed E-state index contributed by atoms with van der Waals surface area (Å²) in [4.78, 5) is 11.0. The maximum absolute atomic E-state index is 11.5. The van der Waals surface area contributed by atoms with Crippen molar-refractivity contribution in [3.05, 3.63) is 35.4 Å². The number of benzene rings is 1. The largest absolute Gasteiger partial charge is 0.481 e. The van der Waals surface area contributed by atoms with Crippen molar-refractivity contribution >= 4 is 15.8 Å². The maximum atomic E-state index is 11.5. The molecule has 0 saturated heterocycles. The van der Waals surface area contributed by atoms with Crippen LogP contribution in [0.4, 0.5) is 0 Å². The molecule has 17 heavy (non-hydrogen) atoms. The van der Waals surface area contributed by atoms with Crippen molar-refractivity contribution in [3.8, 4) is 0 Å². The summed E-state index contributed by atoms with van der Waals surface area (Å²) in [6.07, 6.45) is 1.10. The SMILES string of the molecule is Cc1ccc([C@H]2[C@@H](C(=O)O)[C@@H]2S(C)(=O)=O)cc1. The second-order valence-electron chi connectivity index (χ2n) is 4.59. The van der Waals surface area contributed by atoms with Crippen LogP contribution in [0.25, 0.3) is 0 Å². The van der Waals surface area contributed by atoms with E-state index in [1.807, 2.05) is 19.1 Å². The molecular formula is C12H14O4S. The minimum atomic E-state index is -3.31. The van der Waals surface area contributed by atoms with Crippen molar-refractivity contribution < 1.29 is 18.3 Å². The Kier molecular flexibility index (Phi) is 2.73. The van der Waals surface area contributed by atoms with E-state index in [4.69, 9.17) is 5.11 Å². The molecule has 0 amide bonds. The summed E-state index contributed by atoms with van der Waals surface area (Å²) in [7, 11) is -3.31. The van der Waals surface area contributed by atoms with Crippen molar-refractivity contribution in [2.75, 3.05) is 6.26 Å². The van der Waals surface area contributed by atoms with Gasteiger partial charge in [0.25, 0.3) is 0 Å². The number of carboxylic acids is 1. The van der Waals surface area contributed by atoms with Gasteiger partial charge in [-0.1, -0.05) is 29.8 Å². The van der Waals surface area contributed by atoms with Crippen LogP contribution in [-0.2, 0) is 14.6 Å². The van der Waals surface area contributed by atoms with Crippen LogP contribution in [0.1, 0.15) is 17.0 Å². The lowest BCUT2D eigenvalue weighted by Gasteiger charge is -1.99. The second-order valence-corrected chi connectivity index (χ2v) is 6.80. The monoisotopic (exact) mass is 254 g/mol. The summed E-state index contributed by atoms with van der Waals surface area (Å²) in [5.41, 5.74) is 1.86. The Morgan fingerprint density at radius 1 is 1.24 bits per heavy atom. The normalized spacial score (nSPS) is 27.8. The van der Waals surface area contributed by atoms with Gasteiger partial charge in [-0.15, -0.1) is 0 Å². The number of carboxylic acid groups (broad SMARTS) is 1. The van der Waals surface area contributed by atoms with Crippen molar-refractivity contribution in [1.29, 1.82) is 0 Å². The molecule has 92 valence electrons. The fourth-order valence-corrected chi connectivity index (χ4v) is 3.88. The van der Waals surface area contributed by atoms with Gasteiger partial charge in [0.1, 0.15) is 0 Å². The number of sulfone groups is 1. The quantitative estimate of drug-likeness (QED) is 0.880. The van der Waals surface area contributed by atoms with Gasteiger partial charge in [0.05, 0.1) is 11.2 Å². The van der Waals surface area contributed by atoms with Crippen LogP contribution in [0, 0.1) is 12.8 Å². The van der Waals surface area contributed by atoms with Crippen molar-refractivity contribution in [3.63, 3.8) is 0 Å². The molecule has 0 radical (unpaired) electrons. The highest BCUT2D eigenvalue weighted by Gasteiger charge is 2.61. The lowest BCUT2D eigenvalue weighted by atomic mass is 10.1. The first-order valence-corrected chi connectivity index (χ1v) is 7.26. The molecule has 4 nitrogen and oxygen atoms in total. The summed E-state index contributed by atoms with van der Waals surface area (Å²) in [6, 6.07) is 7.35. The Morgan fingerprint density at radius 3 is 2.12 bits per heavy atom. The molecule has 1 N–H and O–H groups in total. The lowest BCUT2D eigenvalue weighted by Crippen LogP contribution is -2.10. The number of hydrogen-bond acceptors (Lipinski definition) is 3. The van der Waals surface area contributed by atoms with Crippen LogP contribution in [-0.4, -0.2) is 31.0 Å². The van der Waals surface area contributed by atoms with Crippen LogP contribution in [0.15, 0.2) is 24.3 Å². The van der Waals surface area contributed by atoms with Crippen molar-refractivity contribution in [1.82, 2.24) is 0 Å². The van der Waals surface area contributed by atoms with Gasteiger partial charge < -0.3 is 5.11 Å². The summed E-state index contributed by atoms with van der Waals surface area (Å²) < 4.78 is 23.0. The van der Waals surface area contributed by atoms with E-state index in [9.17, 15) is 13.2 Å². The van der Waals surface area contributed by atoms with Gasteiger partial charge in [0, 0.05) is 12.2 Å². The van der Waals surface area contributed by atoms with Gasteiger partial charge in [-0.3, -0.25) is 4.79 Å². The highest BCUT2D eigenvalue weighted by atomic mass is 32.2. The summed E-state index contributed by atoms with van der Waals surface area (Å²) in [5.74, 6) is -2.23. The fraction of sp³-hybridized carbons (Fsp3) is 0.417. The number of aliphatic carboxylic acids is 1. The Labute approximate surface area is 100 Å². The minimum Gasteiger partial charge on any atom is -0.481 e. The average Bonchev–Trinajstić information content (AvgIpc) is 2.93. The summed E-state index contributed by atoms with van der Waals surface area (Å²) >= 11 is 0. The molecule has 1 fully saturated rings. The molecule has 5 heteroatoms. The van der Waals surface area contributed by atoms with E-state index < -0.39 is 32.9 Å². The highest BCUT2D eigenvalue weighted by Crippen LogP contribution is 2.52. The predicted molar refractivity (Wildman–Crippen MR) is 63.7 cm³/mol. The molecule has 0 aliphatic heterocycles. The zero-order valence-corrected chi connectivity index (χ0v) is 10.4. The lowest BCUT2D eigenvalue weighted by molar-refractivity contribution is -0.138. The standard InChI is InChI=1S/C12H14O4S/c1-7-3-5-8(6-4-7)9-10(12(13)14)11(9)17(2,15)16/h3-6,9-11H,1-2H3,(H,13,14)/t9-,10+,11+/m0/s1. The van der Waals surface area contributed by atoms with Crippen LogP contribution in [0.3, 0.4) is 0 Å². The number of hydrogen-bond donors (Lipinski definition) is 1. The van der Waals surface area contributed by atoms with Crippen LogP contribution < -0.4 is 0 Å². The third-order valence-electron chi connectivity index (χ3n) is 3.20. The molecule has 3 atom stereocenters. The van der Waals surface area contributed by atoms with E-state index in [-0.39, 0.29) is 0 Å². The van der Waals surface area contributed by atoms with Gasteiger partial charge >= 0.3 is 5.97 Å². The fourth-order valence-electron chi connectivity index (χ4n) is 2.30. The van der Waals surface area contributed by atoms with E-state index in [1.165, 1.54) is 0 Å². The van der Waals surface area contributed by atoms with Crippen LogP contribution >= 0.6 is 0 Å². The minimum absolute atomic E-state index is 0.400. The molecule has 0 spiro atoms. The van der Waals surface area contributed by atoms with Crippen molar-refractivity contribution in [2.24, 2.45) is 5.92 Å². The van der Waals surface area contributed by atoms with Crippen LogP contribution in [0.5, 0.6) is 0 Å². The maximum Gasteiger partial charge on any atom is 0.308 e. The molecule has 0 bridgehead atoms. The Bertz CT molecular complexity index is 544. The van der Waals surface area contributed by atoms with E-state index >= 15 is 0 Å².